The second kappa shape index (κ2) is 5.69. The van der Waals surface area contributed by atoms with Crippen LogP contribution in [0.5, 0.6) is 0 Å². The van der Waals surface area contributed by atoms with E-state index in [1.807, 2.05) is 0 Å². The quantitative estimate of drug-likeness (QED) is 0.381. The third-order valence-corrected chi connectivity index (χ3v) is 1.74. The molecule has 82 valence electrons. The maximum Gasteiger partial charge on any atom is 0.217 e. The Kier molecular flexibility index (Phi) is 5.29. The molecule has 0 heterocycles. The van der Waals surface area contributed by atoms with E-state index in [9.17, 15) is 14.7 Å². The van der Waals surface area contributed by atoms with Crippen molar-refractivity contribution in [2.45, 2.75) is 38.2 Å². The van der Waals surface area contributed by atoms with Crippen molar-refractivity contribution in [2.24, 2.45) is 0 Å². The summed E-state index contributed by atoms with van der Waals surface area (Å²) in [4.78, 5) is 20.9. The van der Waals surface area contributed by atoms with Crippen LogP contribution in [-0.2, 0) is 9.59 Å². The van der Waals surface area contributed by atoms with Gasteiger partial charge in [-0.15, -0.1) is 0 Å². The number of aliphatic hydroxyl groups is 3. The molecule has 1 amide bonds. The molecule has 0 aliphatic heterocycles. The minimum absolute atomic E-state index is 0.187. The molecule has 0 saturated carbocycles. The lowest BCUT2D eigenvalue weighted by atomic mass is 10.0. The molecule has 4 unspecified atom stereocenters. The Labute approximate surface area is 81.5 Å². The van der Waals surface area contributed by atoms with Gasteiger partial charge in [0.1, 0.15) is 12.2 Å². The predicted octanol–water partition coefficient (Wildman–Crippen LogP) is -2.21. The third-order valence-electron chi connectivity index (χ3n) is 1.74. The predicted molar refractivity (Wildman–Crippen MR) is 47.4 cm³/mol. The fourth-order valence-corrected chi connectivity index (χ4v) is 0.992. The molecule has 0 aromatic rings. The zero-order chi connectivity index (χ0) is 11.3. The molecule has 0 aliphatic carbocycles. The van der Waals surface area contributed by atoms with Crippen LogP contribution in [0.3, 0.4) is 0 Å². The van der Waals surface area contributed by atoms with Gasteiger partial charge < -0.3 is 25.4 Å². The van der Waals surface area contributed by atoms with Crippen molar-refractivity contribution < 1.29 is 24.9 Å². The van der Waals surface area contributed by atoms with Crippen LogP contribution in [0, 0.1) is 0 Å². The summed E-state index contributed by atoms with van der Waals surface area (Å²) in [6, 6.07) is -1.19. The van der Waals surface area contributed by atoms with Crippen LogP contribution in [0.4, 0.5) is 0 Å². The van der Waals surface area contributed by atoms with Gasteiger partial charge in [0.2, 0.25) is 5.91 Å². The Balaban J connectivity index is 4.53. The van der Waals surface area contributed by atoms with Gasteiger partial charge in [-0.05, 0) is 6.92 Å². The first-order chi connectivity index (χ1) is 6.40. The van der Waals surface area contributed by atoms with Crippen molar-refractivity contribution in [3.05, 3.63) is 0 Å². The molecule has 0 aliphatic rings. The summed E-state index contributed by atoms with van der Waals surface area (Å²) in [7, 11) is 0. The highest BCUT2D eigenvalue weighted by Crippen LogP contribution is 2.03. The SMILES string of the molecule is CC(=O)NC(C(O)C=O)C(O)C(C)O. The zero-order valence-corrected chi connectivity index (χ0v) is 8.04. The summed E-state index contributed by atoms with van der Waals surface area (Å²) in [5, 5.41) is 29.7. The number of amides is 1. The molecule has 4 atom stereocenters. The average Bonchev–Trinajstić information content (AvgIpc) is 2.11. The number of nitrogens with one attached hydrogen (secondary N) is 1. The van der Waals surface area contributed by atoms with E-state index in [4.69, 9.17) is 10.2 Å². The molecule has 0 spiro atoms. The lowest BCUT2D eigenvalue weighted by Crippen LogP contribution is -2.54. The van der Waals surface area contributed by atoms with Gasteiger partial charge in [0, 0.05) is 6.92 Å². The second-order valence-electron chi connectivity index (χ2n) is 3.08. The maximum absolute atomic E-state index is 10.7. The first kappa shape index (κ1) is 13.0. The summed E-state index contributed by atoms with van der Waals surface area (Å²) in [5.41, 5.74) is 0. The number of aliphatic hydroxyl groups excluding tert-OH is 3. The smallest absolute Gasteiger partial charge is 0.217 e. The molecule has 4 N–H and O–H groups in total. The number of hydrogen-bond acceptors (Lipinski definition) is 5. The van der Waals surface area contributed by atoms with Crippen LogP contribution in [0.15, 0.2) is 0 Å². The molecule has 0 saturated heterocycles. The van der Waals surface area contributed by atoms with E-state index in [1.165, 1.54) is 13.8 Å². The van der Waals surface area contributed by atoms with Crippen molar-refractivity contribution in [1.82, 2.24) is 5.32 Å². The van der Waals surface area contributed by atoms with Gasteiger partial charge in [-0.25, -0.2) is 0 Å². The van der Waals surface area contributed by atoms with Crippen molar-refractivity contribution in [3.63, 3.8) is 0 Å². The standard InChI is InChI=1S/C8H15NO5/c1-4(11)8(14)7(6(13)3-10)9-5(2)12/h3-4,6-8,11,13-14H,1-2H3,(H,9,12). The summed E-state index contributed by atoms with van der Waals surface area (Å²) in [6.45, 7) is 2.47. The third kappa shape index (κ3) is 3.82. The fraction of sp³-hybridized carbons (Fsp3) is 0.750. The summed E-state index contributed by atoms with van der Waals surface area (Å²) < 4.78 is 0. The van der Waals surface area contributed by atoms with Crippen LogP contribution in [-0.4, -0.2) is 51.9 Å². The number of hydrogen-bond donors (Lipinski definition) is 4. The van der Waals surface area contributed by atoms with E-state index < -0.39 is 30.3 Å². The van der Waals surface area contributed by atoms with Crippen molar-refractivity contribution in [2.75, 3.05) is 0 Å². The molecule has 0 rings (SSSR count). The first-order valence-corrected chi connectivity index (χ1v) is 4.16. The Hall–Kier alpha value is -0.980. The van der Waals surface area contributed by atoms with Gasteiger partial charge >= 0.3 is 0 Å². The highest BCUT2D eigenvalue weighted by atomic mass is 16.3. The van der Waals surface area contributed by atoms with Gasteiger partial charge in [-0.3, -0.25) is 4.79 Å². The first-order valence-electron chi connectivity index (χ1n) is 4.16. The molecular weight excluding hydrogens is 190 g/mol. The molecule has 0 radical (unpaired) electrons. The topological polar surface area (TPSA) is 107 Å². The highest BCUT2D eigenvalue weighted by molar-refractivity contribution is 5.74. The molecule has 0 fully saturated rings. The second-order valence-corrected chi connectivity index (χ2v) is 3.08. The molecule has 6 heteroatoms. The lowest BCUT2D eigenvalue weighted by Gasteiger charge is -2.26. The molecular formula is C8H15NO5. The van der Waals surface area contributed by atoms with E-state index in [-0.39, 0.29) is 6.29 Å². The number of carbonyl (C=O) groups excluding carboxylic acids is 2. The Morgan fingerprint density at radius 3 is 2.14 bits per heavy atom. The lowest BCUT2D eigenvalue weighted by molar-refractivity contribution is -0.126. The largest absolute Gasteiger partial charge is 0.391 e. The van der Waals surface area contributed by atoms with E-state index in [0.717, 1.165) is 0 Å². The van der Waals surface area contributed by atoms with Crippen LogP contribution in [0.2, 0.25) is 0 Å². The molecule has 0 aromatic carbocycles. The summed E-state index contributed by atoms with van der Waals surface area (Å²) in [5.74, 6) is -0.504. The van der Waals surface area contributed by atoms with E-state index in [1.54, 1.807) is 0 Å². The molecule has 14 heavy (non-hydrogen) atoms. The van der Waals surface area contributed by atoms with Crippen LogP contribution in [0.25, 0.3) is 0 Å². The van der Waals surface area contributed by atoms with Gasteiger partial charge in [0.15, 0.2) is 6.29 Å². The van der Waals surface area contributed by atoms with Gasteiger partial charge in [-0.2, -0.15) is 0 Å². The van der Waals surface area contributed by atoms with Crippen LogP contribution >= 0.6 is 0 Å². The number of carbonyl (C=O) groups is 2. The maximum atomic E-state index is 10.7. The van der Waals surface area contributed by atoms with E-state index in [2.05, 4.69) is 5.32 Å². The Bertz CT molecular complexity index is 206. The monoisotopic (exact) mass is 205 g/mol. The van der Waals surface area contributed by atoms with Crippen molar-refractivity contribution in [3.8, 4) is 0 Å². The minimum Gasteiger partial charge on any atom is -0.391 e. The Morgan fingerprint density at radius 1 is 1.36 bits per heavy atom. The molecule has 0 bridgehead atoms. The summed E-state index contributed by atoms with van der Waals surface area (Å²) >= 11 is 0. The van der Waals surface area contributed by atoms with Crippen LogP contribution < -0.4 is 5.32 Å². The van der Waals surface area contributed by atoms with Crippen LogP contribution in [0.1, 0.15) is 13.8 Å². The average molecular weight is 205 g/mol. The van der Waals surface area contributed by atoms with Crippen molar-refractivity contribution >= 4 is 12.2 Å². The van der Waals surface area contributed by atoms with Crippen molar-refractivity contribution in [1.29, 1.82) is 0 Å². The zero-order valence-electron chi connectivity index (χ0n) is 8.04. The van der Waals surface area contributed by atoms with E-state index >= 15 is 0 Å². The van der Waals surface area contributed by atoms with Gasteiger partial charge in [0.25, 0.3) is 0 Å². The normalized spacial score (nSPS) is 19.2. The number of aldehydes is 1. The fourth-order valence-electron chi connectivity index (χ4n) is 0.992. The van der Waals surface area contributed by atoms with Gasteiger partial charge in [0.05, 0.1) is 12.1 Å². The molecule has 6 nitrogen and oxygen atoms in total. The minimum atomic E-state index is -1.54. The Morgan fingerprint density at radius 2 is 1.86 bits per heavy atom. The highest BCUT2D eigenvalue weighted by Gasteiger charge is 2.30. The molecule has 0 aromatic heterocycles. The van der Waals surface area contributed by atoms with E-state index in [0.29, 0.717) is 0 Å². The van der Waals surface area contributed by atoms with Gasteiger partial charge in [-0.1, -0.05) is 0 Å². The number of rotatable bonds is 5. The summed E-state index contributed by atoms with van der Waals surface area (Å²) in [6.07, 6.45) is -3.89.